The number of carboxylic acid groups (broad SMARTS) is 1. The molecule has 1 atom stereocenters. The van der Waals surface area contributed by atoms with Crippen LogP contribution in [-0.4, -0.2) is 35.6 Å². The molecule has 0 saturated carbocycles. The van der Waals surface area contributed by atoms with Gasteiger partial charge in [-0.05, 0) is 5.56 Å². The quantitative estimate of drug-likeness (QED) is 0.848. The lowest BCUT2D eigenvalue weighted by molar-refractivity contribution is -0.141. The number of nitrogens with one attached hydrogen (secondary N) is 1. The minimum Gasteiger partial charge on any atom is -0.481 e. The average molecular weight is 300 g/mol. The van der Waals surface area contributed by atoms with Crippen molar-refractivity contribution in [3.63, 3.8) is 0 Å². The number of carbonyl (C=O) groups excluding carboxylic acids is 1. The second kappa shape index (κ2) is 7.56. The molecule has 0 aliphatic heterocycles. The van der Waals surface area contributed by atoms with Crippen LogP contribution in [0.1, 0.15) is 24.5 Å². The van der Waals surface area contributed by atoms with E-state index in [1.54, 1.807) is 0 Å². The van der Waals surface area contributed by atoms with Gasteiger partial charge in [0.25, 0.3) is 6.43 Å². The Labute approximate surface area is 121 Å². The standard InChI is InChI=1S/C14H18F2N2O3/c1-9(13(19)20)8-18(2)14(21)17-7-10-3-5-11(6-4-10)12(15)16/h3-6,9,12H,7-8H2,1-2H3,(H,17,21)(H,19,20). The van der Waals surface area contributed by atoms with E-state index in [1.807, 2.05) is 0 Å². The monoisotopic (exact) mass is 300 g/mol. The highest BCUT2D eigenvalue weighted by atomic mass is 19.3. The van der Waals surface area contributed by atoms with Crippen molar-refractivity contribution >= 4 is 12.0 Å². The fraction of sp³-hybridized carbons (Fsp3) is 0.429. The topological polar surface area (TPSA) is 69.6 Å². The molecule has 0 saturated heterocycles. The summed E-state index contributed by atoms with van der Waals surface area (Å²) in [4.78, 5) is 23.7. The summed E-state index contributed by atoms with van der Waals surface area (Å²) in [5.41, 5.74) is 0.616. The molecule has 1 unspecified atom stereocenters. The Bertz CT molecular complexity index is 491. The molecule has 0 radical (unpaired) electrons. The zero-order valence-electron chi connectivity index (χ0n) is 11.8. The number of halogens is 2. The van der Waals surface area contributed by atoms with Gasteiger partial charge in [0.05, 0.1) is 5.92 Å². The van der Waals surface area contributed by atoms with Crippen LogP contribution in [0.25, 0.3) is 0 Å². The first-order valence-electron chi connectivity index (χ1n) is 6.40. The van der Waals surface area contributed by atoms with E-state index in [4.69, 9.17) is 5.11 Å². The lowest BCUT2D eigenvalue weighted by Gasteiger charge is -2.20. The molecule has 5 nitrogen and oxygen atoms in total. The second-order valence-electron chi connectivity index (χ2n) is 4.82. The van der Waals surface area contributed by atoms with Gasteiger partial charge in [0, 0.05) is 25.7 Å². The minimum absolute atomic E-state index is 0.0718. The van der Waals surface area contributed by atoms with Crippen molar-refractivity contribution in [1.82, 2.24) is 10.2 Å². The first kappa shape index (κ1) is 16.9. The van der Waals surface area contributed by atoms with Crippen molar-refractivity contribution in [2.24, 2.45) is 5.92 Å². The summed E-state index contributed by atoms with van der Waals surface area (Å²) >= 11 is 0. The summed E-state index contributed by atoms with van der Waals surface area (Å²) in [6.07, 6.45) is -2.52. The SMILES string of the molecule is CC(CN(C)C(=O)NCc1ccc(C(F)F)cc1)C(=O)O. The van der Waals surface area contributed by atoms with Gasteiger partial charge in [0.2, 0.25) is 0 Å². The van der Waals surface area contributed by atoms with Crippen LogP contribution in [0.2, 0.25) is 0 Å². The number of aliphatic carboxylic acids is 1. The predicted octanol–water partition coefficient (Wildman–Crippen LogP) is 2.49. The van der Waals surface area contributed by atoms with E-state index >= 15 is 0 Å². The Kier molecular flexibility index (Phi) is 6.08. The van der Waals surface area contributed by atoms with Crippen molar-refractivity contribution < 1.29 is 23.5 Å². The molecule has 0 heterocycles. The van der Waals surface area contributed by atoms with Crippen LogP contribution >= 0.6 is 0 Å². The van der Waals surface area contributed by atoms with Gasteiger partial charge in [-0.3, -0.25) is 4.79 Å². The van der Waals surface area contributed by atoms with Gasteiger partial charge in [0.1, 0.15) is 0 Å². The number of hydrogen-bond acceptors (Lipinski definition) is 2. The smallest absolute Gasteiger partial charge is 0.317 e. The van der Waals surface area contributed by atoms with Gasteiger partial charge in [-0.2, -0.15) is 0 Å². The molecule has 0 aliphatic carbocycles. The number of carboxylic acids is 1. The van der Waals surface area contributed by atoms with E-state index < -0.39 is 24.3 Å². The number of alkyl halides is 2. The van der Waals surface area contributed by atoms with Crippen molar-refractivity contribution in [2.75, 3.05) is 13.6 Å². The van der Waals surface area contributed by atoms with Gasteiger partial charge in [0.15, 0.2) is 0 Å². The number of hydrogen-bond donors (Lipinski definition) is 2. The molecule has 1 aromatic carbocycles. The number of benzene rings is 1. The molecule has 0 aromatic heterocycles. The summed E-state index contributed by atoms with van der Waals surface area (Å²) in [6, 6.07) is 5.23. The summed E-state index contributed by atoms with van der Waals surface area (Å²) < 4.78 is 24.8. The van der Waals surface area contributed by atoms with Gasteiger partial charge < -0.3 is 15.3 Å². The maximum absolute atomic E-state index is 12.4. The normalized spacial score (nSPS) is 12.0. The number of urea groups is 1. The number of amides is 2. The van der Waals surface area contributed by atoms with Crippen molar-refractivity contribution in [3.8, 4) is 0 Å². The van der Waals surface area contributed by atoms with Crippen LogP contribution in [0, 0.1) is 5.92 Å². The number of carbonyl (C=O) groups is 2. The molecule has 2 N–H and O–H groups in total. The molecule has 1 aromatic rings. The Morgan fingerprint density at radius 1 is 1.29 bits per heavy atom. The summed E-state index contributed by atoms with van der Waals surface area (Å²) in [6.45, 7) is 1.79. The minimum atomic E-state index is -2.52. The largest absolute Gasteiger partial charge is 0.481 e. The Hall–Kier alpha value is -2.18. The van der Waals surface area contributed by atoms with Crippen LogP contribution in [0.4, 0.5) is 13.6 Å². The zero-order valence-corrected chi connectivity index (χ0v) is 11.8. The molecule has 0 spiro atoms. The Morgan fingerprint density at radius 2 is 1.86 bits per heavy atom. The number of rotatable bonds is 6. The molecular weight excluding hydrogens is 282 g/mol. The third kappa shape index (κ3) is 5.37. The zero-order chi connectivity index (χ0) is 16.0. The highest BCUT2D eigenvalue weighted by Gasteiger charge is 2.17. The molecular formula is C14H18F2N2O3. The third-order valence-electron chi connectivity index (χ3n) is 2.99. The fourth-order valence-corrected chi connectivity index (χ4v) is 1.67. The fourth-order valence-electron chi connectivity index (χ4n) is 1.67. The van der Waals surface area contributed by atoms with E-state index in [-0.39, 0.29) is 18.7 Å². The predicted molar refractivity (Wildman–Crippen MR) is 73.1 cm³/mol. The molecule has 116 valence electrons. The van der Waals surface area contributed by atoms with E-state index in [0.29, 0.717) is 5.56 Å². The summed E-state index contributed by atoms with van der Waals surface area (Å²) in [7, 11) is 1.49. The molecule has 0 bridgehead atoms. The first-order valence-corrected chi connectivity index (χ1v) is 6.40. The number of nitrogens with zero attached hydrogens (tertiary/aromatic N) is 1. The van der Waals surface area contributed by atoms with E-state index in [9.17, 15) is 18.4 Å². The lowest BCUT2D eigenvalue weighted by atomic mass is 10.1. The first-order chi connectivity index (χ1) is 9.81. The maximum atomic E-state index is 12.4. The Balaban J connectivity index is 2.47. The second-order valence-corrected chi connectivity index (χ2v) is 4.82. The molecule has 0 fully saturated rings. The molecule has 21 heavy (non-hydrogen) atoms. The van der Waals surface area contributed by atoms with E-state index in [2.05, 4.69) is 5.32 Å². The molecule has 2 amide bonds. The van der Waals surface area contributed by atoms with Gasteiger partial charge in [-0.15, -0.1) is 0 Å². The Morgan fingerprint density at radius 3 is 2.33 bits per heavy atom. The van der Waals surface area contributed by atoms with E-state index in [1.165, 1.54) is 43.1 Å². The van der Waals surface area contributed by atoms with Gasteiger partial charge in [-0.25, -0.2) is 13.6 Å². The summed E-state index contributed by atoms with van der Waals surface area (Å²) in [5.74, 6) is -1.64. The van der Waals surface area contributed by atoms with Crippen LogP contribution in [0.15, 0.2) is 24.3 Å². The average Bonchev–Trinajstić information content (AvgIpc) is 2.44. The molecule has 0 aliphatic rings. The van der Waals surface area contributed by atoms with Crippen molar-refractivity contribution in [3.05, 3.63) is 35.4 Å². The third-order valence-corrected chi connectivity index (χ3v) is 2.99. The van der Waals surface area contributed by atoms with Gasteiger partial charge >= 0.3 is 12.0 Å². The summed E-state index contributed by atoms with van der Waals surface area (Å²) in [5, 5.41) is 11.4. The lowest BCUT2D eigenvalue weighted by Crippen LogP contribution is -2.40. The highest BCUT2D eigenvalue weighted by Crippen LogP contribution is 2.18. The highest BCUT2D eigenvalue weighted by molar-refractivity contribution is 5.75. The van der Waals surface area contributed by atoms with Gasteiger partial charge in [-0.1, -0.05) is 31.2 Å². The van der Waals surface area contributed by atoms with Crippen molar-refractivity contribution in [2.45, 2.75) is 19.9 Å². The van der Waals surface area contributed by atoms with Crippen LogP contribution in [0.3, 0.4) is 0 Å². The molecule has 7 heteroatoms. The maximum Gasteiger partial charge on any atom is 0.317 e. The van der Waals surface area contributed by atoms with Crippen LogP contribution in [-0.2, 0) is 11.3 Å². The van der Waals surface area contributed by atoms with E-state index in [0.717, 1.165) is 0 Å². The van der Waals surface area contributed by atoms with Crippen molar-refractivity contribution in [1.29, 1.82) is 0 Å². The van der Waals surface area contributed by atoms with Crippen LogP contribution in [0.5, 0.6) is 0 Å². The molecule has 1 rings (SSSR count). The van der Waals surface area contributed by atoms with Crippen LogP contribution < -0.4 is 5.32 Å².